The molecule has 1 fully saturated rings. The Morgan fingerprint density at radius 1 is 1.21 bits per heavy atom. The van der Waals surface area contributed by atoms with Gasteiger partial charge >= 0.3 is 0 Å². The zero-order valence-corrected chi connectivity index (χ0v) is 19.3. The van der Waals surface area contributed by atoms with Crippen molar-refractivity contribution in [2.45, 2.75) is 39.7 Å². The Kier molecular flexibility index (Phi) is 5.64. The Morgan fingerprint density at radius 3 is 2.65 bits per heavy atom. The van der Waals surface area contributed by atoms with Crippen LogP contribution in [-0.4, -0.2) is 49.7 Å². The van der Waals surface area contributed by atoms with E-state index < -0.39 is 0 Å². The van der Waals surface area contributed by atoms with E-state index in [9.17, 15) is 9.59 Å². The molecule has 0 atom stereocenters. The number of hydrogen-bond acceptors (Lipinski definition) is 7. The summed E-state index contributed by atoms with van der Waals surface area (Å²) in [6, 6.07) is 7.14. The molecule has 4 aromatic rings. The van der Waals surface area contributed by atoms with Gasteiger partial charge in [-0.3, -0.25) is 9.59 Å². The number of anilines is 1. The molecule has 5 heterocycles. The number of hydrogen-bond donors (Lipinski definition) is 1. The average molecular weight is 463 g/mol. The van der Waals surface area contributed by atoms with Crippen LogP contribution < -0.4 is 5.32 Å². The Hall–Kier alpha value is -3.95. The summed E-state index contributed by atoms with van der Waals surface area (Å²) in [6.07, 6.45) is 4.41. The van der Waals surface area contributed by atoms with E-state index in [2.05, 4.69) is 15.6 Å². The number of aryl methyl sites for hydroxylation is 1. The standard InChI is InChI=1S/C24H26N6O4/c1-14(2)30-22-18(13-25-30)17(12-19(26-22)20-5-4-10-33-20)24(32)29-8-6-16(7-9-29)23(31)27-21-11-15(3)34-28-21/h4-5,10-14,16H,6-9H2,1-3H3,(H,27,28,31). The van der Waals surface area contributed by atoms with Gasteiger partial charge in [0.2, 0.25) is 5.91 Å². The highest BCUT2D eigenvalue weighted by molar-refractivity contribution is 6.06. The van der Waals surface area contributed by atoms with Crippen molar-refractivity contribution in [3.8, 4) is 11.5 Å². The Bertz CT molecular complexity index is 1330. The van der Waals surface area contributed by atoms with Gasteiger partial charge < -0.3 is 19.2 Å². The second-order valence-electron chi connectivity index (χ2n) is 8.83. The number of fused-ring (bicyclic) bond motifs is 1. The highest BCUT2D eigenvalue weighted by Crippen LogP contribution is 2.29. The number of amides is 2. The van der Waals surface area contributed by atoms with Crippen LogP contribution in [0, 0.1) is 12.8 Å². The fourth-order valence-corrected chi connectivity index (χ4v) is 4.29. The van der Waals surface area contributed by atoms with Gasteiger partial charge in [-0.15, -0.1) is 0 Å². The van der Waals surface area contributed by atoms with Gasteiger partial charge in [0.05, 0.1) is 23.4 Å². The van der Waals surface area contributed by atoms with Crippen LogP contribution in [0.3, 0.4) is 0 Å². The fraction of sp³-hybridized carbons (Fsp3) is 0.375. The number of furan rings is 1. The third-order valence-corrected chi connectivity index (χ3v) is 6.09. The van der Waals surface area contributed by atoms with Crippen LogP contribution in [0.1, 0.15) is 48.8 Å². The number of pyridine rings is 1. The zero-order valence-electron chi connectivity index (χ0n) is 19.3. The Morgan fingerprint density at radius 2 is 2.00 bits per heavy atom. The molecule has 0 unspecified atom stereocenters. The van der Waals surface area contributed by atoms with Gasteiger partial charge in [-0.25, -0.2) is 9.67 Å². The Labute approximate surface area is 195 Å². The fourth-order valence-electron chi connectivity index (χ4n) is 4.29. The summed E-state index contributed by atoms with van der Waals surface area (Å²) in [5, 5.41) is 11.8. The van der Waals surface area contributed by atoms with Crippen LogP contribution in [0.25, 0.3) is 22.5 Å². The molecule has 0 aliphatic carbocycles. The van der Waals surface area contributed by atoms with Crippen LogP contribution in [0.2, 0.25) is 0 Å². The lowest BCUT2D eigenvalue weighted by Crippen LogP contribution is -2.41. The molecule has 2 amide bonds. The van der Waals surface area contributed by atoms with Gasteiger partial charge in [-0.05, 0) is 51.8 Å². The van der Waals surface area contributed by atoms with Gasteiger partial charge in [0.1, 0.15) is 11.5 Å². The molecule has 10 heteroatoms. The van der Waals surface area contributed by atoms with Crippen molar-refractivity contribution in [3.05, 3.63) is 48.0 Å². The van der Waals surface area contributed by atoms with E-state index in [1.807, 2.05) is 19.9 Å². The summed E-state index contributed by atoms with van der Waals surface area (Å²) in [5.74, 6) is 1.23. The largest absolute Gasteiger partial charge is 0.463 e. The number of likely N-dealkylation sites (tertiary alicyclic amines) is 1. The van der Waals surface area contributed by atoms with Crippen molar-refractivity contribution in [2.75, 3.05) is 18.4 Å². The molecule has 0 aromatic carbocycles. The smallest absolute Gasteiger partial charge is 0.254 e. The molecule has 1 saturated heterocycles. The number of aromatic nitrogens is 4. The van der Waals surface area contributed by atoms with Crippen LogP contribution >= 0.6 is 0 Å². The van der Waals surface area contributed by atoms with E-state index in [1.54, 1.807) is 47.2 Å². The molecule has 0 spiro atoms. The van der Waals surface area contributed by atoms with Gasteiger partial charge in [-0.1, -0.05) is 5.16 Å². The lowest BCUT2D eigenvalue weighted by molar-refractivity contribution is -0.121. The maximum Gasteiger partial charge on any atom is 0.254 e. The molecule has 4 aromatic heterocycles. The zero-order chi connectivity index (χ0) is 23.8. The van der Waals surface area contributed by atoms with E-state index in [-0.39, 0.29) is 23.8 Å². The molecule has 1 N–H and O–H groups in total. The van der Waals surface area contributed by atoms with Crippen molar-refractivity contribution in [3.63, 3.8) is 0 Å². The van der Waals surface area contributed by atoms with Gasteiger partial charge in [-0.2, -0.15) is 5.10 Å². The minimum absolute atomic E-state index is 0.0857. The Balaban J connectivity index is 1.37. The molecule has 1 aliphatic heterocycles. The summed E-state index contributed by atoms with van der Waals surface area (Å²) < 4.78 is 12.4. The van der Waals surface area contributed by atoms with Crippen molar-refractivity contribution < 1.29 is 18.5 Å². The number of nitrogens with zero attached hydrogens (tertiary/aromatic N) is 5. The second-order valence-corrected chi connectivity index (χ2v) is 8.83. The lowest BCUT2D eigenvalue weighted by atomic mass is 9.95. The predicted octanol–water partition coefficient (Wildman–Crippen LogP) is 4.06. The van der Waals surface area contributed by atoms with Crippen LogP contribution in [0.15, 0.2) is 45.7 Å². The predicted molar refractivity (Wildman–Crippen MR) is 124 cm³/mol. The number of nitrogens with one attached hydrogen (secondary N) is 1. The molecule has 0 radical (unpaired) electrons. The van der Waals surface area contributed by atoms with Crippen LogP contribution in [-0.2, 0) is 4.79 Å². The molecule has 34 heavy (non-hydrogen) atoms. The topological polar surface area (TPSA) is 119 Å². The van der Waals surface area contributed by atoms with Gasteiger partial charge in [0.15, 0.2) is 17.2 Å². The number of rotatable bonds is 5. The van der Waals surface area contributed by atoms with E-state index in [0.717, 1.165) is 0 Å². The SMILES string of the molecule is Cc1cc(NC(=O)C2CCN(C(=O)c3cc(-c4ccco4)nc4c3cnn4C(C)C)CC2)no1. The van der Waals surface area contributed by atoms with Crippen molar-refractivity contribution in [1.82, 2.24) is 24.8 Å². The maximum absolute atomic E-state index is 13.6. The minimum Gasteiger partial charge on any atom is -0.463 e. The molecule has 10 nitrogen and oxygen atoms in total. The van der Waals surface area contributed by atoms with E-state index in [4.69, 9.17) is 13.9 Å². The third-order valence-electron chi connectivity index (χ3n) is 6.09. The first kappa shape index (κ1) is 21.9. The van der Waals surface area contributed by atoms with Crippen molar-refractivity contribution >= 4 is 28.7 Å². The molecule has 0 bridgehead atoms. The first-order valence-corrected chi connectivity index (χ1v) is 11.4. The highest BCUT2D eigenvalue weighted by Gasteiger charge is 2.30. The van der Waals surface area contributed by atoms with Crippen LogP contribution in [0.5, 0.6) is 0 Å². The van der Waals surface area contributed by atoms with Crippen LogP contribution in [0.4, 0.5) is 5.82 Å². The van der Waals surface area contributed by atoms with E-state index >= 15 is 0 Å². The van der Waals surface area contributed by atoms with Crippen molar-refractivity contribution in [2.24, 2.45) is 5.92 Å². The maximum atomic E-state index is 13.6. The molecular formula is C24H26N6O4. The summed E-state index contributed by atoms with van der Waals surface area (Å²) in [4.78, 5) is 32.7. The van der Waals surface area contributed by atoms with Gasteiger partial charge in [0.25, 0.3) is 5.91 Å². The summed E-state index contributed by atoms with van der Waals surface area (Å²) >= 11 is 0. The molecule has 1 aliphatic rings. The molecule has 5 rings (SSSR count). The summed E-state index contributed by atoms with van der Waals surface area (Å²) in [5.41, 5.74) is 1.76. The number of carbonyl (C=O) groups excluding carboxylic acids is 2. The lowest BCUT2D eigenvalue weighted by Gasteiger charge is -2.31. The number of piperidine rings is 1. The molecule has 0 saturated carbocycles. The highest BCUT2D eigenvalue weighted by atomic mass is 16.5. The third kappa shape index (κ3) is 4.07. The van der Waals surface area contributed by atoms with Gasteiger partial charge in [0, 0.05) is 31.1 Å². The average Bonchev–Trinajstić information content (AvgIpc) is 3.59. The molecular weight excluding hydrogens is 436 g/mol. The van der Waals surface area contributed by atoms with E-state index in [1.165, 1.54) is 0 Å². The first-order valence-electron chi connectivity index (χ1n) is 11.4. The first-order chi connectivity index (χ1) is 16.4. The normalized spacial score (nSPS) is 14.8. The quantitative estimate of drug-likeness (QED) is 0.475. The second kappa shape index (κ2) is 8.77. The monoisotopic (exact) mass is 462 g/mol. The molecule has 176 valence electrons. The summed E-state index contributed by atoms with van der Waals surface area (Å²) in [6.45, 7) is 6.77. The van der Waals surface area contributed by atoms with E-state index in [0.29, 0.717) is 65.6 Å². The number of carbonyl (C=O) groups is 2. The minimum atomic E-state index is -0.194. The van der Waals surface area contributed by atoms with Crippen molar-refractivity contribution in [1.29, 1.82) is 0 Å². The summed E-state index contributed by atoms with van der Waals surface area (Å²) in [7, 11) is 0.